The fourth-order valence-electron chi connectivity index (χ4n) is 2.39. The van der Waals surface area contributed by atoms with Gasteiger partial charge in [0.2, 0.25) is 14.0 Å². The normalized spacial score (nSPS) is 11.5. The summed E-state index contributed by atoms with van der Waals surface area (Å²) in [5.41, 5.74) is -0.160. The van der Waals surface area contributed by atoms with Crippen molar-refractivity contribution < 1.29 is 9.36 Å². The van der Waals surface area contributed by atoms with Gasteiger partial charge < -0.3 is 0 Å². The summed E-state index contributed by atoms with van der Waals surface area (Å²) < 4.78 is 10.2. The van der Waals surface area contributed by atoms with Crippen LogP contribution >= 0.6 is 8.46 Å². The van der Waals surface area contributed by atoms with Crippen LogP contribution in [0.15, 0.2) is 12.2 Å². The maximum absolute atomic E-state index is 10.8. The monoisotopic (exact) mass is 312 g/mol. The van der Waals surface area contributed by atoms with Crippen molar-refractivity contribution in [1.29, 1.82) is 0 Å². The molecule has 0 saturated carbocycles. The highest BCUT2D eigenvalue weighted by Gasteiger charge is 1.99. The van der Waals surface area contributed by atoms with E-state index in [4.69, 9.17) is 0 Å². The highest BCUT2D eigenvalue weighted by molar-refractivity contribution is 7.46. The molecule has 0 aromatic carbocycles. The summed E-state index contributed by atoms with van der Waals surface area (Å²) in [6.07, 6.45) is 21.5. The zero-order valence-electron chi connectivity index (χ0n) is 13.8. The number of rotatable bonds is 16. The van der Waals surface area contributed by atoms with Gasteiger partial charge in [-0.3, -0.25) is 9.36 Å². The second kappa shape index (κ2) is 17.6. The maximum atomic E-state index is 10.8. The molecule has 0 rings (SSSR count). The molecule has 0 heterocycles. The Morgan fingerprint density at radius 3 is 1.76 bits per heavy atom. The summed E-state index contributed by atoms with van der Waals surface area (Å²) in [7, 11) is -0.321. The molecule has 0 aliphatic heterocycles. The first-order valence-electron chi connectivity index (χ1n) is 8.82. The first-order valence-corrected chi connectivity index (χ1v) is 9.63. The molecule has 2 nitrogen and oxygen atoms in total. The molecule has 0 unspecified atom stereocenters. The molecule has 0 N–H and O–H groups in total. The molecule has 0 aromatic rings. The minimum absolute atomic E-state index is 0.160. The summed E-state index contributed by atoms with van der Waals surface area (Å²) >= 11 is 0. The number of carbonyl (C=O) groups excluding carboxylic acids is 1. The lowest BCUT2D eigenvalue weighted by molar-refractivity contribution is -0.111. The zero-order chi connectivity index (χ0) is 15.6. The molecule has 122 valence electrons. The SMILES string of the molecule is CCCCCCCC/C=C\CCCCCCCC(=O)P=O. The second-order valence-electron chi connectivity index (χ2n) is 5.82. The third-order valence-corrected chi connectivity index (χ3v) is 4.18. The average Bonchev–Trinajstić information content (AvgIpc) is 2.50. The van der Waals surface area contributed by atoms with E-state index in [0.29, 0.717) is 6.42 Å². The van der Waals surface area contributed by atoms with Gasteiger partial charge in [-0.25, -0.2) is 0 Å². The predicted octanol–water partition coefficient (Wildman–Crippen LogP) is 6.84. The van der Waals surface area contributed by atoms with Crippen LogP contribution in [0.1, 0.15) is 96.8 Å². The van der Waals surface area contributed by atoms with Gasteiger partial charge >= 0.3 is 0 Å². The number of hydrogen-bond donors (Lipinski definition) is 0. The Bertz CT molecular complexity index is 274. The van der Waals surface area contributed by atoms with E-state index in [-0.39, 0.29) is 14.0 Å². The Kier molecular flexibility index (Phi) is 17.2. The molecule has 0 aliphatic rings. The van der Waals surface area contributed by atoms with Gasteiger partial charge in [-0.2, -0.15) is 0 Å². The van der Waals surface area contributed by atoms with Gasteiger partial charge in [0.15, 0.2) is 0 Å². The van der Waals surface area contributed by atoms with Crippen LogP contribution in [0.5, 0.6) is 0 Å². The van der Waals surface area contributed by atoms with Crippen molar-refractivity contribution in [2.45, 2.75) is 96.8 Å². The van der Waals surface area contributed by atoms with Gasteiger partial charge in [-0.15, -0.1) is 0 Å². The summed E-state index contributed by atoms with van der Waals surface area (Å²) in [5, 5.41) is 0. The van der Waals surface area contributed by atoms with E-state index in [1.54, 1.807) is 0 Å². The average molecular weight is 312 g/mol. The lowest BCUT2D eigenvalue weighted by Gasteiger charge is -1.99. The van der Waals surface area contributed by atoms with E-state index >= 15 is 0 Å². The van der Waals surface area contributed by atoms with Crippen LogP contribution in [-0.2, 0) is 9.36 Å². The van der Waals surface area contributed by atoms with Crippen LogP contribution in [0.2, 0.25) is 0 Å². The molecule has 3 heteroatoms. The minimum Gasteiger partial charge on any atom is -0.286 e. The topological polar surface area (TPSA) is 34.1 Å². The van der Waals surface area contributed by atoms with Crippen LogP contribution in [0.25, 0.3) is 0 Å². The van der Waals surface area contributed by atoms with E-state index in [0.717, 1.165) is 12.8 Å². The second-order valence-corrected chi connectivity index (χ2v) is 6.50. The van der Waals surface area contributed by atoms with E-state index in [9.17, 15) is 9.36 Å². The Morgan fingerprint density at radius 1 is 0.762 bits per heavy atom. The van der Waals surface area contributed by atoms with Crippen LogP contribution in [-0.4, -0.2) is 5.52 Å². The standard InChI is InChI=1S/C18H33O2P/c1-2-3-4-5-6-7-8-9-10-11-12-13-14-15-16-17-18(19)21-20/h9-10H,2-8,11-17H2,1H3/b10-9-. The highest BCUT2D eigenvalue weighted by atomic mass is 31.1. The maximum Gasteiger partial charge on any atom is 0.231 e. The molecule has 21 heavy (non-hydrogen) atoms. The number of allylic oxidation sites excluding steroid dienone is 2. The third kappa shape index (κ3) is 17.5. The lowest BCUT2D eigenvalue weighted by atomic mass is 10.1. The van der Waals surface area contributed by atoms with Crippen LogP contribution < -0.4 is 0 Å². The number of hydrogen-bond acceptors (Lipinski definition) is 2. The molecule has 0 atom stereocenters. The molecule has 0 radical (unpaired) electrons. The third-order valence-electron chi connectivity index (χ3n) is 3.75. The van der Waals surface area contributed by atoms with Crippen molar-refractivity contribution >= 4 is 14.0 Å². The lowest BCUT2D eigenvalue weighted by Crippen LogP contribution is -1.86. The van der Waals surface area contributed by atoms with E-state index in [1.807, 2.05) is 0 Å². The van der Waals surface area contributed by atoms with Crippen molar-refractivity contribution in [3.8, 4) is 0 Å². The molecular formula is C18H33O2P. The van der Waals surface area contributed by atoms with E-state index < -0.39 is 0 Å². The van der Waals surface area contributed by atoms with Crippen molar-refractivity contribution in [2.24, 2.45) is 0 Å². The Morgan fingerprint density at radius 2 is 1.24 bits per heavy atom. The van der Waals surface area contributed by atoms with Gasteiger partial charge in [-0.1, -0.05) is 70.4 Å². The van der Waals surface area contributed by atoms with Crippen LogP contribution in [0.3, 0.4) is 0 Å². The molecule has 0 spiro atoms. The van der Waals surface area contributed by atoms with E-state index in [2.05, 4.69) is 19.1 Å². The molecule has 0 fully saturated rings. The summed E-state index contributed by atoms with van der Waals surface area (Å²) in [6, 6.07) is 0. The van der Waals surface area contributed by atoms with Gasteiger partial charge in [0.05, 0.1) is 0 Å². The van der Waals surface area contributed by atoms with Crippen LogP contribution in [0, 0.1) is 0 Å². The van der Waals surface area contributed by atoms with Crippen molar-refractivity contribution in [3.05, 3.63) is 12.2 Å². The molecule has 0 saturated heterocycles. The summed E-state index contributed by atoms with van der Waals surface area (Å²) in [4.78, 5) is 10.8. The van der Waals surface area contributed by atoms with Gasteiger partial charge in [0.1, 0.15) is 0 Å². The predicted molar refractivity (Wildman–Crippen MR) is 92.1 cm³/mol. The molecule has 0 aromatic heterocycles. The minimum atomic E-state index is -0.321. The van der Waals surface area contributed by atoms with Gasteiger partial charge in [-0.05, 0) is 32.1 Å². The van der Waals surface area contributed by atoms with Crippen LogP contribution in [0.4, 0.5) is 0 Å². The first kappa shape index (κ1) is 20.5. The quantitative estimate of drug-likeness (QED) is 0.177. The van der Waals surface area contributed by atoms with Crippen molar-refractivity contribution in [2.75, 3.05) is 0 Å². The van der Waals surface area contributed by atoms with Crippen molar-refractivity contribution in [3.63, 3.8) is 0 Å². The van der Waals surface area contributed by atoms with E-state index in [1.165, 1.54) is 70.6 Å². The largest absolute Gasteiger partial charge is 0.286 e. The molecule has 0 amide bonds. The summed E-state index contributed by atoms with van der Waals surface area (Å²) in [5.74, 6) is 0. The fraction of sp³-hybridized carbons (Fsp3) is 0.833. The van der Waals surface area contributed by atoms with Gasteiger partial charge in [0.25, 0.3) is 0 Å². The Labute approximate surface area is 133 Å². The molecule has 0 aliphatic carbocycles. The summed E-state index contributed by atoms with van der Waals surface area (Å²) in [6.45, 7) is 2.26. The first-order chi connectivity index (χ1) is 10.3. The molecule has 0 bridgehead atoms. The fourth-order valence-corrected chi connectivity index (χ4v) is 2.64. The Balaban J connectivity index is 3.11. The highest BCUT2D eigenvalue weighted by Crippen LogP contribution is 2.11. The van der Waals surface area contributed by atoms with Crippen molar-refractivity contribution in [1.82, 2.24) is 0 Å². The smallest absolute Gasteiger partial charge is 0.231 e. The number of carbonyl (C=O) groups is 1. The molecular weight excluding hydrogens is 279 g/mol. The zero-order valence-corrected chi connectivity index (χ0v) is 14.7. The number of unbranched alkanes of at least 4 members (excludes halogenated alkanes) is 11. The Hall–Kier alpha value is -0.490. The van der Waals surface area contributed by atoms with Gasteiger partial charge in [0, 0.05) is 6.42 Å².